The molecule has 1 amide bonds. The molecular weight excluding hydrogens is 320 g/mol. The molecule has 2 aromatic heterocycles. The molecule has 0 bridgehead atoms. The van der Waals surface area contributed by atoms with E-state index in [2.05, 4.69) is 10.5 Å². The van der Waals surface area contributed by atoms with E-state index in [1.165, 1.54) is 0 Å². The van der Waals surface area contributed by atoms with Gasteiger partial charge in [0, 0.05) is 43.1 Å². The van der Waals surface area contributed by atoms with Gasteiger partial charge in [-0.15, -0.1) is 0 Å². The fraction of sp³-hybridized carbons (Fsp3) is 0.556. The molecule has 0 spiro atoms. The summed E-state index contributed by atoms with van der Waals surface area (Å²) < 4.78 is 7.13. The van der Waals surface area contributed by atoms with Gasteiger partial charge in [-0.25, -0.2) is 0 Å². The number of carbonyl (C=O) groups is 1. The molecule has 1 atom stereocenters. The molecule has 2 N–H and O–H groups in total. The second kappa shape index (κ2) is 7.41. The van der Waals surface area contributed by atoms with Crippen molar-refractivity contribution in [1.82, 2.24) is 19.9 Å². The fourth-order valence-corrected chi connectivity index (χ4v) is 3.56. The van der Waals surface area contributed by atoms with E-state index in [0.29, 0.717) is 24.5 Å². The zero-order valence-corrected chi connectivity index (χ0v) is 15.1. The molecule has 0 aliphatic carbocycles. The molecular formula is C18H26N4O3. The highest BCUT2D eigenvalue weighted by Gasteiger charge is 2.27. The number of carbonyl (C=O) groups excluding carboxylic acids is 1. The van der Waals surface area contributed by atoms with Crippen LogP contribution in [-0.4, -0.2) is 57.9 Å². The van der Waals surface area contributed by atoms with Crippen LogP contribution in [0.1, 0.15) is 40.3 Å². The number of rotatable bonds is 5. The molecule has 1 unspecified atom stereocenters. The van der Waals surface area contributed by atoms with Gasteiger partial charge in [-0.05, 0) is 39.7 Å². The Morgan fingerprint density at radius 2 is 2.20 bits per heavy atom. The molecule has 7 nitrogen and oxygen atoms in total. The summed E-state index contributed by atoms with van der Waals surface area (Å²) >= 11 is 0. The zero-order valence-electron chi connectivity index (χ0n) is 15.1. The second-order valence-electron chi connectivity index (χ2n) is 6.68. The van der Waals surface area contributed by atoms with Crippen molar-refractivity contribution in [3.8, 4) is 5.82 Å². The van der Waals surface area contributed by atoms with Gasteiger partial charge in [0.15, 0.2) is 5.82 Å². The predicted molar refractivity (Wildman–Crippen MR) is 94.1 cm³/mol. The fourth-order valence-electron chi connectivity index (χ4n) is 3.56. The van der Waals surface area contributed by atoms with Gasteiger partial charge in [-0.1, -0.05) is 5.16 Å². The van der Waals surface area contributed by atoms with E-state index in [1.807, 2.05) is 42.4 Å². The maximum absolute atomic E-state index is 13.0. The average molecular weight is 346 g/mol. The van der Waals surface area contributed by atoms with Crippen LogP contribution in [0.25, 0.3) is 5.82 Å². The topological polar surface area (TPSA) is 83.5 Å². The van der Waals surface area contributed by atoms with Crippen LogP contribution < -0.4 is 5.32 Å². The summed E-state index contributed by atoms with van der Waals surface area (Å²) in [6.45, 7) is 7.87. The Kier molecular flexibility index (Phi) is 5.24. The van der Waals surface area contributed by atoms with Crippen molar-refractivity contribution in [1.29, 1.82) is 0 Å². The summed E-state index contributed by atoms with van der Waals surface area (Å²) in [5.41, 5.74) is 2.54. The Morgan fingerprint density at radius 3 is 2.88 bits per heavy atom. The van der Waals surface area contributed by atoms with E-state index in [-0.39, 0.29) is 18.6 Å². The van der Waals surface area contributed by atoms with E-state index in [0.717, 1.165) is 36.5 Å². The van der Waals surface area contributed by atoms with Gasteiger partial charge in [0.05, 0.1) is 12.2 Å². The Bertz CT molecular complexity index is 750. The van der Waals surface area contributed by atoms with Crippen LogP contribution in [-0.2, 0) is 0 Å². The highest BCUT2D eigenvalue weighted by molar-refractivity contribution is 5.96. The van der Waals surface area contributed by atoms with Gasteiger partial charge in [0.2, 0.25) is 0 Å². The number of aryl methyl sites for hydroxylation is 2. The number of likely N-dealkylation sites (tertiary alicyclic amines) is 1. The van der Waals surface area contributed by atoms with E-state index in [9.17, 15) is 4.79 Å². The maximum Gasteiger partial charge on any atom is 0.255 e. The highest BCUT2D eigenvalue weighted by Crippen LogP contribution is 2.23. The molecule has 1 aliphatic heterocycles. The molecule has 25 heavy (non-hydrogen) atoms. The number of aliphatic hydroxyl groups excluding tert-OH is 1. The summed E-state index contributed by atoms with van der Waals surface area (Å²) in [5.74, 6) is 1.49. The van der Waals surface area contributed by atoms with Crippen LogP contribution in [0.3, 0.4) is 0 Å². The third-order valence-corrected chi connectivity index (χ3v) is 4.76. The lowest BCUT2D eigenvalue weighted by atomic mass is 10.0. The summed E-state index contributed by atoms with van der Waals surface area (Å²) in [4.78, 5) is 14.9. The average Bonchev–Trinajstić information content (AvgIpc) is 3.15. The largest absolute Gasteiger partial charge is 0.395 e. The molecule has 136 valence electrons. The van der Waals surface area contributed by atoms with Crippen molar-refractivity contribution in [2.75, 3.05) is 26.2 Å². The Hall–Kier alpha value is -2.12. The van der Waals surface area contributed by atoms with Crippen LogP contribution in [0.15, 0.2) is 16.7 Å². The van der Waals surface area contributed by atoms with Gasteiger partial charge in [0.25, 0.3) is 5.91 Å². The molecule has 0 aromatic carbocycles. The van der Waals surface area contributed by atoms with Gasteiger partial charge >= 0.3 is 0 Å². The molecule has 1 fully saturated rings. The van der Waals surface area contributed by atoms with Gasteiger partial charge in [0.1, 0.15) is 5.76 Å². The van der Waals surface area contributed by atoms with Crippen molar-refractivity contribution in [3.63, 3.8) is 0 Å². The minimum Gasteiger partial charge on any atom is -0.395 e. The quantitative estimate of drug-likeness (QED) is 0.859. The summed E-state index contributed by atoms with van der Waals surface area (Å²) in [5, 5.41) is 16.3. The third kappa shape index (κ3) is 3.62. The van der Waals surface area contributed by atoms with Crippen LogP contribution in [0.5, 0.6) is 0 Å². The SMILES string of the molecule is Cc1cc(-n2c(C)cc(C(=O)N3CCCC(NCCO)C3)c2C)no1. The minimum atomic E-state index is 0.0510. The van der Waals surface area contributed by atoms with E-state index in [4.69, 9.17) is 9.63 Å². The first-order valence-corrected chi connectivity index (χ1v) is 8.77. The van der Waals surface area contributed by atoms with Gasteiger partial charge in [-0.2, -0.15) is 0 Å². The Balaban J connectivity index is 1.81. The lowest BCUT2D eigenvalue weighted by molar-refractivity contribution is 0.0692. The van der Waals surface area contributed by atoms with E-state index in [1.54, 1.807) is 0 Å². The van der Waals surface area contributed by atoms with Crippen LogP contribution in [0.2, 0.25) is 0 Å². The number of hydrogen-bond donors (Lipinski definition) is 2. The minimum absolute atomic E-state index is 0.0510. The molecule has 2 aromatic rings. The molecule has 0 saturated carbocycles. The maximum atomic E-state index is 13.0. The van der Waals surface area contributed by atoms with E-state index < -0.39 is 0 Å². The number of nitrogens with zero attached hydrogens (tertiary/aromatic N) is 3. The number of aliphatic hydroxyl groups is 1. The molecule has 0 radical (unpaired) electrons. The monoisotopic (exact) mass is 346 g/mol. The van der Waals surface area contributed by atoms with Crippen molar-refractivity contribution in [2.45, 2.75) is 39.7 Å². The number of piperidine rings is 1. The zero-order chi connectivity index (χ0) is 18.0. The lowest BCUT2D eigenvalue weighted by Gasteiger charge is -2.33. The first-order chi connectivity index (χ1) is 12.0. The molecule has 7 heteroatoms. The van der Waals surface area contributed by atoms with Crippen molar-refractivity contribution < 1.29 is 14.4 Å². The summed E-state index contributed by atoms with van der Waals surface area (Å²) in [6.07, 6.45) is 2.00. The number of amides is 1. The third-order valence-electron chi connectivity index (χ3n) is 4.76. The molecule has 3 rings (SSSR count). The van der Waals surface area contributed by atoms with Crippen LogP contribution in [0, 0.1) is 20.8 Å². The van der Waals surface area contributed by atoms with Gasteiger partial charge in [-0.3, -0.25) is 9.36 Å². The van der Waals surface area contributed by atoms with Crippen LogP contribution >= 0.6 is 0 Å². The second-order valence-corrected chi connectivity index (χ2v) is 6.68. The number of nitrogens with one attached hydrogen (secondary N) is 1. The van der Waals surface area contributed by atoms with Gasteiger partial charge < -0.3 is 19.8 Å². The number of aromatic nitrogens is 2. The smallest absolute Gasteiger partial charge is 0.255 e. The Labute approximate surface area is 147 Å². The number of hydrogen-bond acceptors (Lipinski definition) is 5. The lowest BCUT2D eigenvalue weighted by Crippen LogP contribution is -2.48. The van der Waals surface area contributed by atoms with E-state index >= 15 is 0 Å². The first kappa shape index (κ1) is 17.7. The summed E-state index contributed by atoms with van der Waals surface area (Å²) in [6, 6.07) is 4.03. The van der Waals surface area contributed by atoms with Crippen molar-refractivity contribution in [2.24, 2.45) is 0 Å². The molecule has 1 saturated heterocycles. The highest BCUT2D eigenvalue weighted by atomic mass is 16.5. The van der Waals surface area contributed by atoms with Crippen LogP contribution in [0.4, 0.5) is 0 Å². The van der Waals surface area contributed by atoms with Crippen molar-refractivity contribution >= 4 is 5.91 Å². The molecule has 1 aliphatic rings. The molecule has 3 heterocycles. The summed E-state index contributed by atoms with van der Waals surface area (Å²) in [7, 11) is 0. The Morgan fingerprint density at radius 1 is 1.40 bits per heavy atom. The van der Waals surface area contributed by atoms with Crippen molar-refractivity contribution in [3.05, 3.63) is 34.8 Å². The standard InChI is InChI=1S/C18H26N4O3/c1-12-9-16(14(3)22(12)17-10-13(2)25-20-17)18(24)21-7-4-5-15(11-21)19-6-8-23/h9-10,15,19,23H,4-8,11H2,1-3H3. The predicted octanol–water partition coefficient (Wildman–Crippen LogP) is 1.58. The first-order valence-electron chi connectivity index (χ1n) is 8.77. The normalized spacial score (nSPS) is 17.9.